The second-order valence-electron chi connectivity index (χ2n) is 8.11. The number of hydrogen-bond acceptors (Lipinski definition) is 5. The zero-order valence-electron chi connectivity index (χ0n) is 18.6. The molecule has 1 fully saturated rings. The summed E-state index contributed by atoms with van der Waals surface area (Å²) in [4.78, 5) is 24.6. The van der Waals surface area contributed by atoms with Gasteiger partial charge in [-0.25, -0.2) is 17.5 Å². The molecular weight excluding hydrogens is 464 g/mol. The van der Waals surface area contributed by atoms with Gasteiger partial charge in [-0.2, -0.15) is 0 Å². The summed E-state index contributed by atoms with van der Waals surface area (Å²) in [5.41, 5.74) is 1.70. The van der Waals surface area contributed by atoms with Crippen LogP contribution in [0.3, 0.4) is 0 Å². The van der Waals surface area contributed by atoms with Crippen LogP contribution in [0.4, 0.5) is 5.69 Å². The Kier molecular flexibility index (Phi) is 8.88. The average molecular weight is 493 g/mol. The number of piperidine rings is 1. The van der Waals surface area contributed by atoms with Crippen molar-refractivity contribution in [3.63, 3.8) is 0 Å². The Balaban J connectivity index is 1.49. The second kappa shape index (κ2) is 11.6. The van der Waals surface area contributed by atoms with Gasteiger partial charge < -0.3 is 10.1 Å². The molecule has 1 N–H and O–H groups in total. The van der Waals surface area contributed by atoms with Crippen molar-refractivity contribution in [2.45, 2.75) is 38.4 Å². The van der Waals surface area contributed by atoms with Crippen molar-refractivity contribution in [3.8, 4) is 0 Å². The van der Waals surface area contributed by atoms with E-state index >= 15 is 0 Å². The highest BCUT2D eigenvalue weighted by atomic mass is 35.5. The smallest absolute Gasteiger partial charge is 0.338 e. The van der Waals surface area contributed by atoms with E-state index in [0.717, 1.165) is 12.8 Å². The molecule has 0 aromatic heterocycles. The molecule has 33 heavy (non-hydrogen) atoms. The van der Waals surface area contributed by atoms with E-state index in [0.29, 0.717) is 54.4 Å². The first kappa shape index (κ1) is 25.2. The first-order chi connectivity index (χ1) is 15.8. The zero-order chi connectivity index (χ0) is 23.8. The molecule has 1 amide bonds. The fourth-order valence-corrected chi connectivity index (χ4v) is 5.29. The van der Waals surface area contributed by atoms with Crippen LogP contribution in [0.1, 0.15) is 48.5 Å². The minimum absolute atomic E-state index is 0.0890. The first-order valence-corrected chi connectivity index (χ1v) is 13.1. The normalized spacial score (nSPS) is 15.2. The third-order valence-corrected chi connectivity index (χ3v) is 7.70. The van der Waals surface area contributed by atoms with E-state index in [-0.39, 0.29) is 23.5 Å². The largest absolute Gasteiger partial charge is 0.462 e. The number of benzene rings is 2. The van der Waals surface area contributed by atoms with Crippen molar-refractivity contribution in [3.05, 3.63) is 64.7 Å². The van der Waals surface area contributed by atoms with Crippen LogP contribution < -0.4 is 5.32 Å². The molecule has 0 bridgehead atoms. The molecule has 0 aliphatic carbocycles. The lowest BCUT2D eigenvalue weighted by molar-refractivity contribution is -0.120. The summed E-state index contributed by atoms with van der Waals surface area (Å²) in [7, 11) is -3.46. The van der Waals surface area contributed by atoms with E-state index in [1.165, 1.54) is 4.31 Å². The van der Waals surface area contributed by atoms with Gasteiger partial charge in [0.2, 0.25) is 15.9 Å². The molecule has 2 aromatic carbocycles. The molecule has 0 unspecified atom stereocenters. The Hall–Kier alpha value is -2.42. The summed E-state index contributed by atoms with van der Waals surface area (Å²) in [6, 6.07) is 13.3. The number of ether oxygens (including phenoxy) is 1. The standard InChI is InChI=1S/C24H29ClN2O5S/c1-2-3-16-32-24(29)20-6-10-22(11-7-20)26-23(28)19-12-14-27(15-13-19)33(30,31)17-18-4-8-21(25)9-5-18/h4-11,19H,2-3,12-17H2,1H3,(H,26,28). The van der Waals surface area contributed by atoms with Gasteiger partial charge in [0, 0.05) is 29.7 Å². The monoisotopic (exact) mass is 492 g/mol. The van der Waals surface area contributed by atoms with E-state index in [4.69, 9.17) is 16.3 Å². The van der Waals surface area contributed by atoms with E-state index < -0.39 is 10.0 Å². The van der Waals surface area contributed by atoms with Gasteiger partial charge in [0.15, 0.2) is 0 Å². The Labute approximate surface area is 200 Å². The third-order valence-electron chi connectivity index (χ3n) is 5.60. The van der Waals surface area contributed by atoms with Gasteiger partial charge in [-0.15, -0.1) is 0 Å². The maximum atomic E-state index is 12.7. The first-order valence-electron chi connectivity index (χ1n) is 11.1. The van der Waals surface area contributed by atoms with Gasteiger partial charge in [0.1, 0.15) is 0 Å². The number of anilines is 1. The minimum Gasteiger partial charge on any atom is -0.462 e. The van der Waals surface area contributed by atoms with Crippen molar-refractivity contribution >= 4 is 39.2 Å². The molecule has 7 nitrogen and oxygen atoms in total. The summed E-state index contributed by atoms with van der Waals surface area (Å²) in [6.45, 7) is 3.02. The minimum atomic E-state index is -3.46. The molecule has 1 saturated heterocycles. The van der Waals surface area contributed by atoms with E-state index in [2.05, 4.69) is 5.32 Å². The van der Waals surface area contributed by atoms with Crippen molar-refractivity contribution in [1.29, 1.82) is 0 Å². The van der Waals surface area contributed by atoms with Gasteiger partial charge in [-0.05, 0) is 61.2 Å². The van der Waals surface area contributed by atoms with Crippen LogP contribution >= 0.6 is 11.6 Å². The van der Waals surface area contributed by atoms with Crippen LogP contribution in [0.5, 0.6) is 0 Å². The summed E-state index contributed by atoms with van der Waals surface area (Å²) in [5, 5.41) is 3.42. The van der Waals surface area contributed by atoms with Gasteiger partial charge in [0.05, 0.1) is 17.9 Å². The number of rotatable bonds is 9. The number of unbranched alkanes of at least 4 members (excludes halogenated alkanes) is 1. The highest BCUT2D eigenvalue weighted by Gasteiger charge is 2.31. The van der Waals surface area contributed by atoms with Crippen molar-refractivity contribution in [2.75, 3.05) is 25.0 Å². The number of esters is 1. The fourth-order valence-electron chi connectivity index (χ4n) is 3.61. The fraction of sp³-hybridized carbons (Fsp3) is 0.417. The molecule has 3 rings (SSSR count). The molecule has 0 spiro atoms. The van der Waals surface area contributed by atoms with Gasteiger partial charge in [-0.3, -0.25) is 4.79 Å². The molecule has 1 aliphatic heterocycles. The molecule has 178 valence electrons. The Morgan fingerprint density at radius 3 is 2.30 bits per heavy atom. The maximum Gasteiger partial charge on any atom is 0.338 e. The number of halogens is 1. The molecule has 0 saturated carbocycles. The average Bonchev–Trinajstić information content (AvgIpc) is 2.81. The number of amides is 1. The van der Waals surface area contributed by atoms with E-state index in [1.807, 2.05) is 6.92 Å². The molecule has 2 aromatic rings. The van der Waals surface area contributed by atoms with Crippen LogP contribution in [0.2, 0.25) is 5.02 Å². The third kappa shape index (κ3) is 7.28. The van der Waals surface area contributed by atoms with Gasteiger partial charge in [0.25, 0.3) is 0 Å². The number of sulfonamides is 1. The van der Waals surface area contributed by atoms with Gasteiger partial charge >= 0.3 is 5.97 Å². The van der Waals surface area contributed by atoms with Crippen molar-refractivity contribution in [2.24, 2.45) is 5.92 Å². The van der Waals surface area contributed by atoms with E-state index in [1.54, 1.807) is 48.5 Å². The van der Waals surface area contributed by atoms with Crippen molar-refractivity contribution in [1.82, 2.24) is 4.31 Å². The van der Waals surface area contributed by atoms with E-state index in [9.17, 15) is 18.0 Å². The van der Waals surface area contributed by atoms with Crippen LogP contribution in [0.25, 0.3) is 0 Å². The summed E-state index contributed by atoms with van der Waals surface area (Å²) >= 11 is 5.86. The van der Waals surface area contributed by atoms with Crippen molar-refractivity contribution < 1.29 is 22.7 Å². The topological polar surface area (TPSA) is 92.8 Å². The molecule has 0 radical (unpaired) electrons. The highest BCUT2D eigenvalue weighted by Crippen LogP contribution is 2.24. The predicted molar refractivity (Wildman–Crippen MR) is 129 cm³/mol. The Morgan fingerprint density at radius 1 is 1.06 bits per heavy atom. The van der Waals surface area contributed by atoms with Crippen LogP contribution in [0, 0.1) is 5.92 Å². The molecule has 9 heteroatoms. The van der Waals surface area contributed by atoms with Crippen LogP contribution in [-0.4, -0.2) is 44.3 Å². The van der Waals surface area contributed by atoms with Gasteiger partial charge in [-0.1, -0.05) is 37.1 Å². The molecule has 1 aliphatic rings. The maximum absolute atomic E-state index is 12.7. The highest BCUT2D eigenvalue weighted by molar-refractivity contribution is 7.88. The Bertz CT molecular complexity index is 1050. The number of nitrogens with one attached hydrogen (secondary N) is 1. The lowest BCUT2D eigenvalue weighted by Gasteiger charge is -2.30. The second-order valence-corrected chi connectivity index (χ2v) is 10.5. The SMILES string of the molecule is CCCCOC(=O)c1ccc(NC(=O)C2CCN(S(=O)(=O)Cc3ccc(Cl)cc3)CC2)cc1. The van der Waals surface area contributed by atoms with Crippen LogP contribution in [0.15, 0.2) is 48.5 Å². The lowest BCUT2D eigenvalue weighted by atomic mass is 9.97. The summed E-state index contributed by atoms with van der Waals surface area (Å²) in [6.07, 6.45) is 2.67. The van der Waals surface area contributed by atoms with Crippen LogP contribution in [-0.2, 0) is 25.3 Å². The quantitative estimate of drug-likeness (QED) is 0.411. The molecular formula is C24H29ClN2O5S. The predicted octanol–water partition coefficient (Wildman–Crippen LogP) is 4.48. The summed E-state index contributed by atoms with van der Waals surface area (Å²) in [5.74, 6) is -0.893. The molecule has 0 atom stereocenters. The number of hydrogen-bond donors (Lipinski definition) is 1. The number of carbonyl (C=O) groups excluding carboxylic acids is 2. The summed E-state index contributed by atoms with van der Waals surface area (Å²) < 4.78 is 32.1. The lowest BCUT2D eigenvalue weighted by Crippen LogP contribution is -2.41. The molecule has 1 heterocycles. The number of nitrogens with zero attached hydrogens (tertiary/aromatic N) is 1. The Morgan fingerprint density at radius 2 is 1.70 bits per heavy atom. The number of carbonyl (C=O) groups is 2. The zero-order valence-corrected chi connectivity index (χ0v) is 20.2.